The second-order valence-corrected chi connectivity index (χ2v) is 6.22. The maximum atomic E-state index is 12.9. The average Bonchev–Trinajstić information content (AvgIpc) is 2.64. The number of benzene rings is 2. The Morgan fingerprint density at radius 2 is 1.50 bits per heavy atom. The van der Waals surface area contributed by atoms with Crippen molar-refractivity contribution in [3.8, 4) is 11.5 Å². The van der Waals surface area contributed by atoms with Crippen molar-refractivity contribution in [1.29, 1.82) is 0 Å². The Kier molecular flexibility index (Phi) is 10.1. The Bertz CT molecular complexity index is 772. The zero-order chi connectivity index (χ0) is 20.1. The molecule has 0 saturated carbocycles. The second-order valence-electron chi connectivity index (χ2n) is 6.22. The molecule has 1 heterocycles. The van der Waals surface area contributed by atoms with E-state index in [-0.39, 0.29) is 36.3 Å². The van der Waals surface area contributed by atoms with Crippen molar-refractivity contribution in [2.45, 2.75) is 19.0 Å². The maximum absolute atomic E-state index is 12.9. The second kappa shape index (κ2) is 11.5. The summed E-state index contributed by atoms with van der Waals surface area (Å²) in [5.74, 6) is -0.302. The summed E-state index contributed by atoms with van der Waals surface area (Å²) in [5.41, 5.74) is 1.18. The lowest BCUT2D eigenvalue weighted by atomic mass is 9.95. The lowest BCUT2D eigenvalue weighted by Crippen LogP contribution is -2.45. The van der Waals surface area contributed by atoms with Crippen molar-refractivity contribution in [1.82, 2.24) is 10.2 Å². The molecule has 1 aliphatic heterocycles. The fraction of sp³-hybridized carbons (Fsp3) is 0.368. The Hall–Kier alpha value is -1.81. The van der Waals surface area contributed by atoms with E-state index in [9.17, 15) is 22.0 Å². The molecule has 1 fully saturated rings. The highest BCUT2D eigenvalue weighted by Gasteiger charge is 2.32. The maximum Gasteiger partial charge on any atom is 0.573 e. The molecule has 2 aromatic carbocycles. The van der Waals surface area contributed by atoms with Gasteiger partial charge < -0.3 is 14.8 Å². The van der Waals surface area contributed by atoms with Crippen LogP contribution in [0.25, 0.3) is 0 Å². The Labute approximate surface area is 183 Å². The van der Waals surface area contributed by atoms with Crippen molar-refractivity contribution < 1.29 is 31.4 Å². The summed E-state index contributed by atoms with van der Waals surface area (Å²) in [7, 11) is 0. The molecule has 0 aromatic heterocycles. The van der Waals surface area contributed by atoms with E-state index in [0.29, 0.717) is 37.3 Å². The van der Waals surface area contributed by atoms with Crippen LogP contribution < -0.4 is 14.8 Å². The van der Waals surface area contributed by atoms with Crippen LogP contribution in [0.1, 0.15) is 17.2 Å². The van der Waals surface area contributed by atoms with Crippen LogP contribution in [-0.2, 0) is 0 Å². The normalized spacial score (nSPS) is 15.7. The van der Waals surface area contributed by atoms with Gasteiger partial charge in [0.2, 0.25) is 0 Å². The molecule has 0 unspecified atom stereocenters. The summed E-state index contributed by atoms with van der Waals surface area (Å²) in [6.07, 6.45) is -4.78. The summed E-state index contributed by atoms with van der Waals surface area (Å²) in [6, 6.07) is 11.4. The SMILES string of the molecule is Cl.Cl.FC(F)Oc1ccccc1[C@@H](c1ccc(OC(F)(F)F)cc1)N1CCNCC1. The standard InChI is InChI=1S/C19H19F5N2O2.2ClH/c20-18(21)27-16-4-2-1-3-15(16)17(26-11-9-25-10-12-26)13-5-7-14(8-6-13)28-19(22,23)24;;/h1-8,17-18,25H,9-12H2;2*1H/t17-;;/m1../s1. The number of rotatable bonds is 6. The molecule has 2 aromatic rings. The first kappa shape index (κ1) is 26.2. The van der Waals surface area contributed by atoms with Crippen LogP contribution in [0.3, 0.4) is 0 Å². The van der Waals surface area contributed by atoms with E-state index in [1.807, 2.05) is 0 Å². The molecule has 1 aliphatic rings. The lowest BCUT2D eigenvalue weighted by Gasteiger charge is -2.36. The number of halogens is 7. The monoisotopic (exact) mass is 474 g/mol. The number of hydrogen-bond donors (Lipinski definition) is 1. The molecule has 11 heteroatoms. The molecule has 4 nitrogen and oxygen atoms in total. The minimum absolute atomic E-state index is 0. The van der Waals surface area contributed by atoms with Gasteiger partial charge in [-0.2, -0.15) is 8.78 Å². The van der Waals surface area contributed by atoms with Gasteiger partial charge >= 0.3 is 13.0 Å². The molecule has 0 amide bonds. The molecular formula is C19H21Cl2F5N2O2. The predicted molar refractivity (Wildman–Crippen MR) is 107 cm³/mol. The third kappa shape index (κ3) is 7.16. The molecule has 1 N–H and O–H groups in total. The number of alkyl halides is 5. The van der Waals surface area contributed by atoms with Crippen LogP contribution >= 0.6 is 24.8 Å². The zero-order valence-electron chi connectivity index (χ0n) is 15.6. The van der Waals surface area contributed by atoms with Crippen LogP contribution in [0.15, 0.2) is 48.5 Å². The van der Waals surface area contributed by atoms with Gasteiger partial charge in [0.1, 0.15) is 11.5 Å². The number of nitrogens with one attached hydrogen (secondary N) is 1. The quantitative estimate of drug-likeness (QED) is 0.595. The highest BCUT2D eigenvalue weighted by molar-refractivity contribution is 5.85. The molecule has 30 heavy (non-hydrogen) atoms. The van der Waals surface area contributed by atoms with E-state index in [4.69, 9.17) is 0 Å². The topological polar surface area (TPSA) is 33.7 Å². The fourth-order valence-electron chi connectivity index (χ4n) is 3.29. The highest BCUT2D eigenvalue weighted by Crippen LogP contribution is 2.36. The van der Waals surface area contributed by atoms with E-state index in [1.165, 1.54) is 30.3 Å². The van der Waals surface area contributed by atoms with Gasteiger partial charge in [-0.05, 0) is 23.8 Å². The van der Waals surface area contributed by atoms with Gasteiger partial charge in [0.25, 0.3) is 0 Å². The number of ether oxygens (including phenoxy) is 2. The fourth-order valence-corrected chi connectivity index (χ4v) is 3.29. The van der Waals surface area contributed by atoms with E-state index >= 15 is 0 Å². The van der Waals surface area contributed by atoms with Gasteiger partial charge in [-0.3, -0.25) is 4.90 Å². The Balaban J connectivity index is 0.00000225. The van der Waals surface area contributed by atoms with Crippen LogP contribution in [0.4, 0.5) is 22.0 Å². The molecule has 168 valence electrons. The molecule has 1 saturated heterocycles. The minimum Gasteiger partial charge on any atom is -0.434 e. The predicted octanol–water partition coefficient (Wildman–Crippen LogP) is 5.02. The average molecular weight is 475 g/mol. The first-order chi connectivity index (χ1) is 13.3. The number of para-hydroxylation sites is 1. The molecule has 0 aliphatic carbocycles. The van der Waals surface area contributed by atoms with Crippen molar-refractivity contribution in [2.24, 2.45) is 0 Å². The molecule has 1 atom stereocenters. The van der Waals surface area contributed by atoms with Crippen LogP contribution in [0.2, 0.25) is 0 Å². The summed E-state index contributed by atoms with van der Waals surface area (Å²) in [6.45, 7) is -0.261. The highest BCUT2D eigenvalue weighted by atomic mass is 35.5. The summed E-state index contributed by atoms with van der Waals surface area (Å²) < 4.78 is 71.5. The van der Waals surface area contributed by atoms with Gasteiger partial charge in [-0.25, -0.2) is 0 Å². The summed E-state index contributed by atoms with van der Waals surface area (Å²) in [4.78, 5) is 2.07. The van der Waals surface area contributed by atoms with Crippen molar-refractivity contribution in [3.05, 3.63) is 59.7 Å². The number of hydrogen-bond acceptors (Lipinski definition) is 4. The molecule has 0 radical (unpaired) electrons. The van der Waals surface area contributed by atoms with Crippen LogP contribution in [0.5, 0.6) is 11.5 Å². The van der Waals surface area contributed by atoms with Crippen LogP contribution in [0, 0.1) is 0 Å². The molecule has 3 rings (SSSR count). The molecule has 0 bridgehead atoms. The van der Waals surface area contributed by atoms with E-state index in [1.54, 1.807) is 18.2 Å². The van der Waals surface area contributed by atoms with Gasteiger partial charge in [-0.15, -0.1) is 38.0 Å². The van der Waals surface area contributed by atoms with Crippen molar-refractivity contribution in [2.75, 3.05) is 26.2 Å². The van der Waals surface area contributed by atoms with Crippen LogP contribution in [-0.4, -0.2) is 44.1 Å². The molecular weight excluding hydrogens is 454 g/mol. The summed E-state index contributed by atoms with van der Waals surface area (Å²) in [5, 5.41) is 3.22. The minimum atomic E-state index is -4.78. The first-order valence-electron chi connectivity index (χ1n) is 8.68. The van der Waals surface area contributed by atoms with E-state index in [0.717, 1.165) is 0 Å². The molecule has 0 spiro atoms. The van der Waals surface area contributed by atoms with Gasteiger partial charge in [0.05, 0.1) is 6.04 Å². The van der Waals surface area contributed by atoms with Gasteiger partial charge in [0.15, 0.2) is 0 Å². The smallest absolute Gasteiger partial charge is 0.434 e. The van der Waals surface area contributed by atoms with Gasteiger partial charge in [0, 0.05) is 31.7 Å². The zero-order valence-corrected chi connectivity index (χ0v) is 17.2. The van der Waals surface area contributed by atoms with E-state index in [2.05, 4.69) is 19.7 Å². The Morgan fingerprint density at radius 3 is 2.07 bits per heavy atom. The lowest BCUT2D eigenvalue weighted by molar-refractivity contribution is -0.274. The van der Waals surface area contributed by atoms with Gasteiger partial charge in [-0.1, -0.05) is 30.3 Å². The number of piperazine rings is 1. The third-order valence-corrected chi connectivity index (χ3v) is 4.38. The van der Waals surface area contributed by atoms with E-state index < -0.39 is 19.0 Å². The largest absolute Gasteiger partial charge is 0.573 e. The third-order valence-electron chi connectivity index (χ3n) is 4.38. The first-order valence-corrected chi connectivity index (χ1v) is 8.68. The van der Waals surface area contributed by atoms with Crippen molar-refractivity contribution >= 4 is 24.8 Å². The number of nitrogens with zero attached hydrogens (tertiary/aromatic N) is 1. The summed E-state index contributed by atoms with van der Waals surface area (Å²) >= 11 is 0. The Morgan fingerprint density at radius 1 is 0.900 bits per heavy atom. The van der Waals surface area contributed by atoms with Crippen molar-refractivity contribution in [3.63, 3.8) is 0 Å².